The molecule has 0 fully saturated rings. The maximum absolute atomic E-state index is 13.6. The minimum Gasteiger partial charge on any atom is -0.508 e. The van der Waals surface area contributed by atoms with Crippen LogP contribution in [0.15, 0.2) is 23.3 Å². The van der Waals surface area contributed by atoms with Crippen LogP contribution >= 0.6 is 11.6 Å². The first-order chi connectivity index (χ1) is 10.3. The molecular formula is C14H9ClF4N2O. The summed E-state index contributed by atoms with van der Waals surface area (Å²) in [6, 6.07) is 3.95. The fourth-order valence-electron chi connectivity index (χ4n) is 1.63. The third-order valence-corrected chi connectivity index (χ3v) is 3.17. The van der Waals surface area contributed by atoms with Crippen molar-refractivity contribution in [1.82, 2.24) is 0 Å². The number of nitrogens with one attached hydrogen (secondary N) is 1. The van der Waals surface area contributed by atoms with Crippen molar-refractivity contribution in [2.75, 3.05) is 5.43 Å². The molecule has 22 heavy (non-hydrogen) atoms. The average Bonchev–Trinajstić information content (AvgIpc) is 2.48. The summed E-state index contributed by atoms with van der Waals surface area (Å²) in [7, 11) is 0. The van der Waals surface area contributed by atoms with Crippen LogP contribution in [-0.4, -0.2) is 11.3 Å². The summed E-state index contributed by atoms with van der Waals surface area (Å²) in [5.41, 5.74) is 0.411. The number of hydrazone groups is 1. The van der Waals surface area contributed by atoms with Gasteiger partial charge in [-0.1, -0.05) is 11.6 Å². The lowest BCUT2D eigenvalue weighted by Crippen LogP contribution is -2.06. The number of anilines is 1. The van der Waals surface area contributed by atoms with E-state index < -0.39 is 34.5 Å². The summed E-state index contributed by atoms with van der Waals surface area (Å²) in [6.07, 6.45) is 1.08. The number of halogens is 5. The molecule has 8 heteroatoms. The second kappa shape index (κ2) is 6.23. The van der Waals surface area contributed by atoms with Gasteiger partial charge in [-0.15, -0.1) is 0 Å². The Bertz CT molecular complexity index is 736. The molecule has 0 saturated heterocycles. The second-order valence-corrected chi connectivity index (χ2v) is 4.74. The molecular weight excluding hydrogens is 324 g/mol. The van der Waals surface area contributed by atoms with E-state index in [1.165, 1.54) is 18.2 Å². The maximum Gasteiger partial charge on any atom is 0.187 e. The summed E-state index contributed by atoms with van der Waals surface area (Å²) < 4.78 is 53.9. The molecule has 2 aromatic rings. The van der Waals surface area contributed by atoms with Crippen molar-refractivity contribution < 1.29 is 22.7 Å². The number of rotatable bonds is 3. The van der Waals surface area contributed by atoms with Crippen LogP contribution in [0.4, 0.5) is 23.2 Å². The Balaban J connectivity index is 2.30. The fourth-order valence-corrected chi connectivity index (χ4v) is 1.85. The van der Waals surface area contributed by atoms with Crippen molar-refractivity contribution >= 4 is 23.5 Å². The Morgan fingerprint density at radius 3 is 2.23 bits per heavy atom. The monoisotopic (exact) mass is 332 g/mol. The molecule has 0 aromatic heterocycles. The predicted molar refractivity (Wildman–Crippen MR) is 75.3 cm³/mol. The van der Waals surface area contributed by atoms with Gasteiger partial charge in [0.05, 0.1) is 11.2 Å². The number of hydrogen-bond donors (Lipinski definition) is 2. The third kappa shape index (κ3) is 2.99. The van der Waals surface area contributed by atoms with Crippen LogP contribution < -0.4 is 5.43 Å². The lowest BCUT2D eigenvalue weighted by Gasteiger charge is -2.08. The number of phenolic OH excluding ortho intramolecular Hbond substituents is 1. The smallest absolute Gasteiger partial charge is 0.187 e. The van der Waals surface area contributed by atoms with Crippen LogP contribution in [-0.2, 0) is 0 Å². The van der Waals surface area contributed by atoms with E-state index in [1.807, 2.05) is 5.43 Å². The zero-order valence-corrected chi connectivity index (χ0v) is 11.8. The minimum absolute atomic E-state index is 0.0742. The highest BCUT2D eigenvalue weighted by Crippen LogP contribution is 2.27. The van der Waals surface area contributed by atoms with Gasteiger partial charge in [-0.25, -0.2) is 17.6 Å². The van der Waals surface area contributed by atoms with Crippen molar-refractivity contribution in [3.8, 4) is 5.75 Å². The van der Waals surface area contributed by atoms with Gasteiger partial charge < -0.3 is 5.11 Å². The largest absolute Gasteiger partial charge is 0.508 e. The molecule has 0 spiro atoms. The Morgan fingerprint density at radius 2 is 1.68 bits per heavy atom. The molecule has 3 nitrogen and oxygen atoms in total. The number of aromatic hydroxyl groups is 1. The van der Waals surface area contributed by atoms with E-state index in [0.29, 0.717) is 5.56 Å². The molecule has 2 aromatic carbocycles. The van der Waals surface area contributed by atoms with Gasteiger partial charge in [0.2, 0.25) is 0 Å². The number of hydrogen-bond acceptors (Lipinski definition) is 3. The second-order valence-electron chi connectivity index (χ2n) is 4.33. The van der Waals surface area contributed by atoms with E-state index in [1.54, 1.807) is 0 Å². The summed E-state index contributed by atoms with van der Waals surface area (Å²) in [4.78, 5) is 0. The van der Waals surface area contributed by atoms with E-state index in [4.69, 9.17) is 11.6 Å². The molecule has 0 aliphatic heterocycles. The molecule has 0 radical (unpaired) electrons. The van der Waals surface area contributed by atoms with E-state index in [9.17, 15) is 22.7 Å². The first-order valence-electron chi connectivity index (χ1n) is 5.93. The Kier molecular flexibility index (Phi) is 4.56. The normalized spacial score (nSPS) is 11.2. The van der Waals surface area contributed by atoms with Crippen LogP contribution in [0.3, 0.4) is 0 Å². The van der Waals surface area contributed by atoms with Crippen molar-refractivity contribution in [3.63, 3.8) is 0 Å². The van der Waals surface area contributed by atoms with Crippen molar-refractivity contribution in [1.29, 1.82) is 0 Å². The molecule has 0 saturated carbocycles. The molecule has 0 heterocycles. The Hall–Kier alpha value is -2.28. The summed E-state index contributed by atoms with van der Waals surface area (Å²) >= 11 is 5.80. The van der Waals surface area contributed by atoms with Crippen molar-refractivity contribution in [2.24, 2.45) is 5.10 Å². The first kappa shape index (κ1) is 16.1. The van der Waals surface area contributed by atoms with Crippen LogP contribution in [0.1, 0.15) is 11.1 Å². The summed E-state index contributed by atoms with van der Waals surface area (Å²) in [6.45, 7) is 0.917. The zero-order valence-electron chi connectivity index (χ0n) is 11.1. The fraction of sp³-hybridized carbons (Fsp3) is 0.0714. The highest BCUT2D eigenvalue weighted by atomic mass is 35.5. The standard InChI is InChI=1S/C14H9ClF4N2O/c1-6-10(16)12(18)14(13(19)11(6)17)21-20-5-7-2-3-8(22)4-9(7)15/h2-5,21-22H,1H3/b20-5+. The quantitative estimate of drug-likeness (QED) is 0.380. The van der Waals surface area contributed by atoms with Crippen LogP contribution in [0.2, 0.25) is 5.02 Å². The van der Waals surface area contributed by atoms with E-state index in [2.05, 4.69) is 5.10 Å². The van der Waals surface area contributed by atoms with Gasteiger partial charge in [0.1, 0.15) is 11.4 Å². The highest BCUT2D eigenvalue weighted by molar-refractivity contribution is 6.33. The number of benzene rings is 2. The molecule has 0 aliphatic rings. The van der Waals surface area contributed by atoms with Gasteiger partial charge in [0, 0.05) is 11.1 Å². The van der Waals surface area contributed by atoms with Gasteiger partial charge in [-0.05, 0) is 25.1 Å². The molecule has 2 N–H and O–H groups in total. The van der Waals surface area contributed by atoms with Crippen molar-refractivity contribution in [3.05, 3.63) is 57.6 Å². The lowest BCUT2D eigenvalue weighted by molar-refractivity contribution is 0.449. The molecule has 2 rings (SSSR count). The maximum atomic E-state index is 13.6. The molecule has 0 unspecified atom stereocenters. The van der Waals surface area contributed by atoms with Crippen LogP contribution in [0.25, 0.3) is 0 Å². The number of phenols is 1. The van der Waals surface area contributed by atoms with Gasteiger partial charge >= 0.3 is 0 Å². The molecule has 116 valence electrons. The number of nitrogens with zero attached hydrogens (tertiary/aromatic N) is 1. The predicted octanol–water partition coefficient (Wildman–Crippen LogP) is 4.36. The molecule has 0 aliphatic carbocycles. The molecule has 0 amide bonds. The van der Waals surface area contributed by atoms with E-state index in [0.717, 1.165) is 13.1 Å². The van der Waals surface area contributed by atoms with E-state index in [-0.39, 0.29) is 10.8 Å². The highest BCUT2D eigenvalue weighted by Gasteiger charge is 2.22. The van der Waals surface area contributed by atoms with Gasteiger partial charge in [-0.3, -0.25) is 5.43 Å². The first-order valence-corrected chi connectivity index (χ1v) is 6.30. The third-order valence-electron chi connectivity index (χ3n) is 2.85. The summed E-state index contributed by atoms with van der Waals surface area (Å²) in [5.74, 6) is -6.23. The molecule has 0 atom stereocenters. The topological polar surface area (TPSA) is 44.6 Å². The zero-order chi connectivity index (χ0) is 16.4. The van der Waals surface area contributed by atoms with Crippen molar-refractivity contribution in [2.45, 2.75) is 6.92 Å². The van der Waals surface area contributed by atoms with Gasteiger partial charge in [0.15, 0.2) is 23.3 Å². The molecule has 0 bridgehead atoms. The van der Waals surface area contributed by atoms with E-state index >= 15 is 0 Å². The summed E-state index contributed by atoms with van der Waals surface area (Å²) in [5, 5.41) is 12.8. The minimum atomic E-state index is -1.58. The average molecular weight is 333 g/mol. The Morgan fingerprint density at radius 1 is 1.09 bits per heavy atom. The SMILES string of the molecule is Cc1c(F)c(F)c(N/N=C/c2ccc(O)cc2Cl)c(F)c1F. The Labute approximate surface area is 127 Å². The van der Waals surface area contributed by atoms with Crippen LogP contribution in [0.5, 0.6) is 5.75 Å². The lowest BCUT2D eigenvalue weighted by atomic mass is 10.2. The van der Waals surface area contributed by atoms with Crippen LogP contribution in [0, 0.1) is 30.2 Å². The van der Waals surface area contributed by atoms with Gasteiger partial charge in [0.25, 0.3) is 0 Å². The van der Waals surface area contributed by atoms with Gasteiger partial charge in [-0.2, -0.15) is 5.10 Å².